The highest BCUT2D eigenvalue weighted by atomic mass is 32.2. The predicted octanol–water partition coefficient (Wildman–Crippen LogP) is 3.67. The SMILES string of the molecule is CCOc1ccc(C(NC(=O)CN(C)S(=O)(=O)c2cccs2)c2ccccc2)cc1. The van der Waals surface area contributed by atoms with Gasteiger partial charge in [0.05, 0.1) is 19.2 Å². The summed E-state index contributed by atoms with van der Waals surface area (Å²) in [6.07, 6.45) is 0. The molecule has 3 aromatic rings. The number of nitrogens with one attached hydrogen (secondary N) is 1. The number of carbonyl (C=O) groups is 1. The van der Waals surface area contributed by atoms with Crippen LogP contribution >= 0.6 is 11.3 Å². The molecule has 3 rings (SSSR count). The molecule has 0 spiro atoms. The first-order chi connectivity index (χ1) is 14.4. The van der Waals surface area contributed by atoms with Crippen LogP contribution in [0.3, 0.4) is 0 Å². The Bertz CT molecular complexity index is 1050. The van der Waals surface area contributed by atoms with Crippen molar-refractivity contribution in [3.8, 4) is 5.75 Å². The highest BCUT2D eigenvalue weighted by Crippen LogP contribution is 2.25. The number of ether oxygens (including phenoxy) is 1. The second kappa shape index (κ2) is 9.88. The molecule has 0 saturated heterocycles. The van der Waals surface area contributed by atoms with Crippen LogP contribution in [0.2, 0.25) is 0 Å². The van der Waals surface area contributed by atoms with E-state index in [1.54, 1.807) is 11.4 Å². The maximum atomic E-state index is 12.8. The first-order valence-electron chi connectivity index (χ1n) is 9.48. The van der Waals surface area contributed by atoms with Crippen molar-refractivity contribution < 1.29 is 17.9 Å². The Morgan fingerprint density at radius 2 is 1.70 bits per heavy atom. The van der Waals surface area contributed by atoms with Crippen molar-refractivity contribution in [1.29, 1.82) is 0 Å². The molecule has 0 radical (unpaired) electrons. The predicted molar refractivity (Wildman–Crippen MR) is 118 cm³/mol. The van der Waals surface area contributed by atoms with Crippen LogP contribution in [0, 0.1) is 0 Å². The maximum Gasteiger partial charge on any atom is 0.252 e. The van der Waals surface area contributed by atoms with Gasteiger partial charge >= 0.3 is 0 Å². The van der Waals surface area contributed by atoms with Gasteiger partial charge in [0.15, 0.2) is 0 Å². The van der Waals surface area contributed by atoms with Gasteiger partial charge in [-0.05, 0) is 41.6 Å². The van der Waals surface area contributed by atoms with Crippen molar-refractivity contribution in [2.75, 3.05) is 20.2 Å². The van der Waals surface area contributed by atoms with Gasteiger partial charge < -0.3 is 10.1 Å². The molecule has 2 aromatic carbocycles. The highest BCUT2D eigenvalue weighted by molar-refractivity contribution is 7.91. The quantitative estimate of drug-likeness (QED) is 0.546. The number of thiophene rings is 1. The van der Waals surface area contributed by atoms with E-state index in [0.717, 1.165) is 32.5 Å². The van der Waals surface area contributed by atoms with Gasteiger partial charge in [-0.2, -0.15) is 4.31 Å². The summed E-state index contributed by atoms with van der Waals surface area (Å²) in [5.74, 6) is 0.363. The Labute approximate surface area is 181 Å². The Morgan fingerprint density at radius 1 is 1.03 bits per heavy atom. The molecular weight excluding hydrogens is 420 g/mol. The van der Waals surface area contributed by atoms with Crippen molar-refractivity contribution >= 4 is 27.3 Å². The van der Waals surface area contributed by atoms with Crippen molar-refractivity contribution in [3.05, 3.63) is 83.2 Å². The number of benzene rings is 2. The summed E-state index contributed by atoms with van der Waals surface area (Å²) in [5.41, 5.74) is 1.78. The molecule has 0 aliphatic rings. The van der Waals surface area contributed by atoms with Gasteiger partial charge in [-0.1, -0.05) is 48.5 Å². The third-order valence-corrected chi connectivity index (χ3v) is 7.66. The fourth-order valence-corrected chi connectivity index (χ4v) is 5.31. The first kappa shape index (κ1) is 22.0. The van der Waals surface area contributed by atoms with Crippen LogP contribution in [0.15, 0.2) is 76.3 Å². The van der Waals surface area contributed by atoms with Crippen LogP contribution in [0.1, 0.15) is 24.1 Å². The number of nitrogens with zero attached hydrogens (tertiary/aromatic N) is 1. The molecule has 0 aliphatic carbocycles. The number of rotatable bonds is 9. The zero-order chi connectivity index (χ0) is 21.6. The first-order valence-corrected chi connectivity index (χ1v) is 11.8. The minimum Gasteiger partial charge on any atom is -0.494 e. The standard InChI is InChI=1S/C22H24N2O4S2/c1-3-28-19-13-11-18(12-14-19)22(17-8-5-4-6-9-17)23-20(25)16-24(2)30(26,27)21-10-7-15-29-21/h4-15,22H,3,16H2,1-2H3,(H,23,25). The van der Waals surface area contributed by atoms with E-state index in [0.29, 0.717) is 6.61 Å². The molecule has 1 amide bonds. The average molecular weight is 445 g/mol. The lowest BCUT2D eigenvalue weighted by atomic mass is 9.98. The number of hydrogen-bond acceptors (Lipinski definition) is 5. The topological polar surface area (TPSA) is 75.7 Å². The summed E-state index contributed by atoms with van der Waals surface area (Å²) in [4.78, 5) is 12.8. The van der Waals surface area contributed by atoms with Gasteiger partial charge in [-0.25, -0.2) is 8.42 Å². The number of carbonyl (C=O) groups excluding carboxylic acids is 1. The van der Waals surface area contributed by atoms with E-state index in [1.165, 1.54) is 13.1 Å². The number of amides is 1. The van der Waals surface area contributed by atoms with E-state index >= 15 is 0 Å². The summed E-state index contributed by atoms with van der Waals surface area (Å²) >= 11 is 1.12. The fourth-order valence-electron chi connectivity index (χ4n) is 2.99. The molecule has 1 unspecified atom stereocenters. The van der Waals surface area contributed by atoms with Crippen molar-refractivity contribution in [3.63, 3.8) is 0 Å². The zero-order valence-corrected chi connectivity index (χ0v) is 18.4. The Balaban J connectivity index is 1.78. The molecule has 158 valence electrons. The van der Waals surface area contributed by atoms with E-state index in [4.69, 9.17) is 4.74 Å². The molecule has 0 saturated carbocycles. The summed E-state index contributed by atoms with van der Waals surface area (Å²) < 4.78 is 32.0. The minimum absolute atomic E-state index is 0.212. The van der Waals surface area contributed by atoms with Crippen LogP contribution in [-0.4, -0.2) is 38.8 Å². The summed E-state index contributed by atoms with van der Waals surface area (Å²) in [7, 11) is -2.29. The average Bonchev–Trinajstić information content (AvgIpc) is 3.29. The minimum atomic E-state index is -3.69. The third kappa shape index (κ3) is 5.27. The molecule has 1 aromatic heterocycles. The van der Waals surface area contributed by atoms with Gasteiger partial charge in [0.2, 0.25) is 5.91 Å². The lowest BCUT2D eigenvalue weighted by Crippen LogP contribution is -2.39. The summed E-state index contributed by atoms with van der Waals surface area (Å²) in [5, 5.41) is 4.66. The Hall–Kier alpha value is -2.68. The second-order valence-electron chi connectivity index (χ2n) is 6.61. The number of sulfonamides is 1. The van der Waals surface area contributed by atoms with E-state index in [1.807, 2.05) is 61.5 Å². The molecule has 1 N–H and O–H groups in total. The smallest absolute Gasteiger partial charge is 0.252 e. The zero-order valence-electron chi connectivity index (χ0n) is 16.8. The van der Waals surface area contributed by atoms with Crippen LogP contribution in [0.25, 0.3) is 0 Å². The van der Waals surface area contributed by atoms with E-state index in [9.17, 15) is 13.2 Å². The molecule has 0 bridgehead atoms. The Kier molecular flexibility index (Phi) is 7.25. The molecular formula is C22H24N2O4S2. The van der Waals surface area contributed by atoms with Crippen LogP contribution < -0.4 is 10.1 Å². The van der Waals surface area contributed by atoms with Crippen LogP contribution in [-0.2, 0) is 14.8 Å². The fraction of sp³-hybridized carbons (Fsp3) is 0.227. The monoisotopic (exact) mass is 444 g/mol. The molecule has 1 heterocycles. The second-order valence-corrected chi connectivity index (χ2v) is 9.83. The third-order valence-electron chi connectivity index (χ3n) is 4.49. The lowest BCUT2D eigenvalue weighted by Gasteiger charge is -2.22. The van der Waals surface area contributed by atoms with Gasteiger partial charge in [0, 0.05) is 7.05 Å². The number of hydrogen-bond donors (Lipinski definition) is 1. The van der Waals surface area contributed by atoms with E-state index < -0.39 is 16.1 Å². The van der Waals surface area contributed by atoms with Crippen LogP contribution in [0.5, 0.6) is 5.75 Å². The van der Waals surface area contributed by atoms with Gasteiger partial charge in [0.1, 0.15) is 9.96 Å². The summed E-state index contributed by atoms with van der Waals surface area (Å²) in [6.45, 7) is 2.21. The Morgan fingerprint density at radius 3 is 2.30 bits per heavy atom. The molecule has 0 fully saturated rings. The molecule has 8 heteroatoms. The van der Waals surface area contributed by atoms with Crippen LogP contribution in [0.4, 0.5) is 0 Å². The van der Waals surface area contributed by atoms with Crippen molar-refractivity contribution in [2.24, 2.45) is 0 Å². The van der Waals surface area contributed by atoms with Gasteiger partial charge in [-0.15, -0.1) is 11.3 Å². The van der Waals surface area contributed by atoms with Gasteiger partial charge in [0.25, 0.3) is 10.0 Å². The molecule has 30 heavy (non-hydrogen) atoms. The van der Waals surface area contributed by atoms with E-state index in [2.05, 4.69) is 5.32 Å². The largest absolute Gasteiger partial charge is 0.494 e. The highest BCUT2D eigenvalue weighted by Gasteiger charge is 2.25. The van der Waals surface area contributed by atoms with E-state index in [-0.39, 0.29) is 16.7 Å². The molecule has 0 aliphatic heterocycles. The van der Waals surface area contributed by atoms with Gasteiger partial charge in [-0.3, -0.25) is 4.79 Å². The molecule has 1 atom stereocenters. The summed E-state index contributed by atoms with van der Waals surface area (Å²) in [6, 6.07) is 19.8. The maximum absolute atomic E-state index is 12.8. The molecule has 6 nitrogen and oxygen atoms in total. The van der Waals surface area contributed by atoms with Crippen molar-refractivity contribution in [2.45, 2.75) is 17.2 Å². The normalized spacial score (nSPS) is 12.5. The van der Waals surface area contributed by atoms with Crippen molar-refractivity contribution in [1.82, 2.24) is 9.62 Å². The number of likely N-dealkylation sites (N-methyl/N-ethyl adjacent to an activating group) is 1. The lowest BCUT2D eigenvalue weighted by molar-refractivity contribution is -0.121.